The minimum Gasteiger partial charge on any atom is -0.343 e. The van der Waals surface area contributed by atoms with E-state index in [1.54, 1.807) is 4.90 Å². The van der Waals surface area contributed by atoms with Crippen LogP contribution in [0.5, 0.6) is 0 Å². The number of carbonyl (C=O) groups excluding carboxylic acids is 3. The number of imide groups is 1. The molecular formula is C15H21ClN2O3. The van der Waals surface area contributed by atoms with Crippen LogP contribution in [0.15, 0.2) is 11.1 Å². The van der Waals surface area contributed by atoms with Crippen LogP contribution in [0.2, 0.25) is 0 Å². The van der Waals surface area contributed by atoms with Gasteiger partial charge in [0.05, 0.1) is 11.8 Å². The monoisotopic (exact) mass is 312 g/mol. The van der Waals surface area contributed by atoms with E-state index in [0.29, 0.717) is 31.0 Å². The molecule has 2 rings (SSSR count). The molecule has 2 atom stereocenters. The van der Waals surface area contributed by atoms with Gasteiger partial charge in [-0.3, -0.25) is 19.3 Å². The number of fused-ring (bicyclic) bond motifs is 1. The summed E-state index contributed by atoms with van der Waals surface area (Å²) < 4.78 is 0. The number of hydrogen-bond acceptors (Lipinski definition) is 3. The van der Waals surface area contributed by atoms with Gasteiger partial charge in [-0.15, -0.1) is 0 Å². The van der Waals surface area contributed by atoms with Crippen LogP contribution in [0, 0.1) is 11.8 Å². The van der Waals surface area contributed by atoms with Gasteiger partial charge in [0.25, 0.3) is 0 Å². The molecule has 2 aliphatic rings. The van der Waals surface area contributed by atoms with Crippen LogP contribution >= 0.6 is 11.6 Å². The second kappa shape index (κ2) is 6.60. The molecule has 5 nitrogen and oxygen atoms in total. The second-order valence-corrected chi connectivity index (χ2v) is 5.93. The molecule has 116 valence electrons. The fourth-order valence-electron chi connectivity index (χ4n) is 3.06. The zero-order valence-corrected chi connectivity index (χ0v) is 13.2. The first-order valence-corrected chi connectivity index (χ1v) is 7.84. The van der Waals surface area contributed by atoms with Gasteiger partial charge < -0.3 is 4.90 Å². The van der Waals surface area contributed by atoms with Gasteiger partial charge in [-0.25, -0.2) is 0 Å². The highest BCUT2D eigenvalue weighted by Gasteiger charge is 2.48. The Hall–Kier alpha value is -1.36. The van der Waals surface area contributed by atoms with E-state index in [1.165, 1.54) is 4.90 Å². The lowest BCUT2D eigenvalue weighted by atomic mass is 9.85. The summed E-state index contributed by atoms with van der Waals surface area (Å²) >= 11 is 5.97. The second-order valence-electron chi connectivity index (χ2n) is 5.45. The molecule has 0 unspecified atom stereocenters. The summed E-state index contributed by atoms with van der Waals surface area (Å²) in [5.74, 6) is -0.977. The molecule has 1 aliphatic carbocycles. The maximum Gasteiger partial charge on any atom is 0.233 e. The smallest absolute Gasteiger partial charge is 0.233 e. The molecule has 0 N–H and O–H groups in total. The molecule has 3 amide bonds. The Balaban J connectivity index is 1.98. The van der Waals surface area contributed by atoms with E-state index in [9.17, 15) is 14.4 Å². The molecule has 21 heavy (non-hydrogen) atoms. The van der Waals surface area contributed by atoms with Crippen molar-refractivity contribution in [2.45, 2.75) is 33.1 Å². The van der Waals surface area contributed by atoms with Crippen molar-refractivity contribution in [3.05, 3.63) is 11.1 Å². The van der Waals surface area contributed by atoms with E-state index >= 15 is 0 Å². The van der Waals surface area contributed by atoms with Crippen LogP contribution in [-0.2, 0) is 14.4 Å². The highest BCUT2D eigenvalue weighted by Crippen LogP contribution is 2.38. The number of nitrogens with zero attached hydrogens (tertiary/aromatic N) is 2. The van der Waals surface area contributed by atoms with Crippen molar-refractivity contribution in [1.29, 1.82) is 0 Å². The predicted molar refractivity (Wildman–Crippen MR) is 79.4 cm³/mol. The van der Waals surface area contributed by atoms with Crippen molar-refractivity contribution in [3.8, 4) is 0 Å². The van der Waals surface area contributed by atoms with Crippen molar-refractivity contribution in [3.63, 3.8) is 0 Å². The fraction of sp³-hybridized carbons (Fsp3) is 0.667. The van der Waals surface area contributed by atoms with Crippen molar-refractivity contribution in [1.82, 2.24) is 9.80 Å². The van der Waals surface area contributed by atoms with E-state index in [0.717, 1.165) is 0 Å². The number of allylic oxidation sites excluding steroid dienone is 2. The first kappa shape index (κ1) is 16.0. The molecule has 1 saturated heterocycles. The van der Waals surface area contributed by atoms with Crippen LogP contribution < -0.4 is 0 Å². The largest absolute Gasteiger partial charge is 0.343 e. The van der Waals surface area contributed by atoms with E-state index < -0.39 is 0 Å². The average Bonchev–Trinajstić information content (AvgIpc) is 2.70. The van der Waals surface area contributed by atoms with Crippen LogP contribution in [0.3, 0.4) is 0 Å². The topological polar surface area (TPSA) is 57.7 Å². The summed E-state index contributed by atoms with van der Waals surface area (Å²) in [5.41, 5.74) is 0. The maximum absolute atomic E-state index is 12.3. The van der Waals surface area contributed by atoms with Gasteiger partial charge in [-0.05, 0) is 26.7 Å². The summed E-state index contributed by atoms with van der Waals surface area (Å²) in [6.07, 6.45) is 2.98. The highest BCUT2D eigenvalue weighted by atomic mass is 35.5. The Kier molecular flexibility index (Phi) is 5.04. The van der Waals surface area contributed by atoms with Crippen LogP contribution in [0.25, 0.3) is 0 Å². The molecular weight excluding hydrogens is 292 g/mol. The Labute approximate surface area is 129 Å². The summed E-state index contributed by atoms with van der Waals surface area (Å²) in [5, 5.41) is 0.651. The fourth-order valence-corrected chi connectivity index (χ4v) is 3.31. The van der Waals surface area contributed by atoms with Crippen LogP contribution in [0.4, 0.5) is 0 Å². The summed E-state index contributed by atoms with van der Waals surface area (Å²) in [6.45, 7) is 5.28. The lowest BCUT2D eigenvalue weighted by Crippen LogP contribution is -2.37. The molecule has 1 heterocycles. The standard InChI is InChI=1S/C15H21ClN2O3/c1-3-17(4-2)13(19)7-8-18-14(20)11-6-5-10(16)9-12(11)15(18)21/h5,11-12H,3-4,6-9H2,1-2H3/t11-,12+/m0/s1. The number of likely N-dealkylation sites (tertiary alicyclic amines) is 1. The molecule has 0 aromatic rings. The Morgan fingerprint density at radius 1 is 1.29 bits per heavy atom. The first-order chi connectivity index (χ1) is 9.99. The number of hydrogen-bond donors (Lipinski definition) is 0. The van der Waals surface area contributed by atoms with E-state index in [1.807, 2.05) is 19.9 Å². The van der Waals surface area contributed by atoms with E-state index in [2.05, 4.69) is 0 Å². The third-order valence-electron chi connectivity index (χ3n) is 4.33. The minimum absolute atomic E-state index is 0.0216. The molecule has 0 aromatic heterocycles. The Bertz CT molecular complexity index is 485. The van der Waals surface area contributed by atoms with Gasteiger partial charge in [0, 0.05) is 31.1 Å². The Morgan fingerprint density at radius 3 is 2.52 bits per heavy atom. The molecule has 6 heteroatoms. The van der Waals surface area contributed by atoms with E-state index in [-0.39, 0.29) is 42.5 Å². The summed E-state index contributed by atoms with van der Waals surface area (Å²) in [4.78, 5) is 39.5. The zero-order valence-electron chi connectivity index (χ0n) is 12.5. The summed E-state index contributed by atoms with van der Waals surface area (Å²) in [7, 11) is 0. The molecule has 0 radical (unpaired) electrons. The third-order valence-corrected chi connectivity index (χ3v) is 4.63. The average molecular weight is 313 g/mol. The molecule has 1 aliphatic heterocycles. The lowest BCUT2D eigenvalue weighted by Gasteiger charge is -2.20. The van der Waals surface area contributed by atoms with Gasteiger partial charge >= 0.3 is 0 Å². The predicted octanol–water partition coefficient (Wildman–Crippen LogP) is 1.76. The third kappa shape index (κ3) is 3.12. The molecule has 1 fully saturated rings. The number of amides is 3. The molecule has 0 spiro atoms. The number of halogens is 1. The van der Waals surface area contributed by atoms with Gasteiger partial charge in [0.2, 0.25) is 17.7 Å². The van der Waals surface area contributed by atoms with Crippen molar-refractivity contribution >= 4 is 29.3 Å². The first-order valence-electron chi connectivity index (χ1n) is 7.47. The van der Waals surface area contributed by atoms with Crippen LogP contribution in [0.1, 0.15) is 33.1 Å². The van der Waals surface area contributed by atoms with Crippen molar-refractivity contribution in [2.24, 2.45) is 11.8 Å². The highest BCUT2D eigenvalue weighted by molar-refractivity contribution is 6.30. The van der Waals surface area contributed by atoms with E-state index in [4.69, 9.17) is 11.6 Å². The van der Waals surface area contributed by atoms with Crippen molar-refractivity contribution < 1.29 is 14.4 Å². The number of rotatable bonds is 5. The molecule has 0 saturated carbocycles. The van der Waals surface area contributed by atoms with Gasteiger partial charge in [-0.1, -0.05) is 17.7 Å². The van der Waals surface area contributed by atoms with Gasteiger partial charge in [0.15, 0.2) is 0 Å². The molecule has 0 aromatic carbocycles. The zero-order chi connectivity index (χ0) is 15.6. The summed E-state index contributed by atoms with van der Waals surface area (Å²) in [6, 6.07) is 0. The quantitative estimate of drug-likeness (QED) is 0.727. The van der Waals surface area contributed by atoms with Crippen LogP contribution in [-0.4, -0.2) is 47.2 Å². The number of carbonyl (C=O) groups is 3. The Morgan fingerprint density at radius 2 is 1.90 bits per heavy atom. The van der Waals surface area contributed by atoms with Crippen molar-refractivity contribution in [2.75, 3.05) is 19.6 Å². The van der Waals surface area contributed by atoms with Gasteiger partial charge in [0.1, 0.15) is 0 Å². The lowest BCUT2D eigenvalue weighted by molar-refractivity contribution is -0.140. The SMILES string of the molecule is CCN(CC)C(=O)CCN1C(=O)[C@H]2CC=C(Cl)C[C@H]2C1=O. The molecule has 0 bridgehead atoms. The minimum atomic E-state index is -0.335. The maximum atomic E-state index is 12.3. The van der Waals surface area contributed by atoms with Gasteiger partial charge in [-0.2, -0.15) is 0 Å². The normalized spacial score (nSPS) is 24.9.